The summed E-state index contributed by atoms with van der Waals surface area (Å²) in [5.41, 5.74) is 5.83. The molecule has 0 unspecified atom stereocenters. The average molecular weight is 266 g/mol. The number of thiocarbonyl (C=S) groups is 1. The first kappa shape index (κ1) is 12.4. The quantitative estimate of drug-likeness (QED) is 0.868. The van der Waals surface area contributed by atoms with E-state index in [-0.39, 0.29) is 10.7 Å². The van der Waals surface area contributed by atoms with E-state index in [0.29, 0.717) is 11.4 Å². The first-order chi connectivity index (χ1) is 8.56. The van der Waals surface area contributed by atoms with Crippen molar-refractivity contribution in [2.75, 3.05) is 0 Å². The molecule has 1 heterocycles. The van der Waals surface area contributed by atoms with Crippen LogP contribution >= 0.6 is 12.2 Å². The zero-order valence-corrected chi connectivity index (χ0v) is 9.88. The van der Waals surface area contributed by atoms with Crippen molar-refractivity contribution in [3.8, 4) is 11.5 Å². The third kappa shape index (κ3) is 2.78. The zero-order chi connectivity index (χ0) is 13.1. The summed E-state index contributed by atoms with van der Waals surface area (Å²) >= 11 is 4.74. The van der Waals surface area contributed by atoms with Gasteiger partial charge in [0, 0.05) is 6.07 Å². The summed E-state index contributed by atoms with van der Waals surface area (Å²) in [5, 5.41) is 0. The van der Waals surface area contributed by atoms with Gasteiger partial charge in [0.1, 0.15) is 16.6 Å². The lowest BCUT2D eigenvalue weighted by Crippen LogP contribution is -2.10. The van der Waals surface area contributed by atoms with E-state index in [1.165, 1.54) is 12.3 Å². The highest BCUT2D eigenvalue weighted by Crippen LogP contribution is 2.24. The molecule has 2 N–H and O–H groups in total. The first-order valence-corrected chi connectivity index (χ1v) is 5.36. The Morgan fingerprint density at radius 1 is 1.22 bits per heavy atom. The van der Waals surface area contributed by atoms with Crippen LogP contribution in [0.3, 0.4) is 0 Å². The molecule has 0 atom stereocenters. The first-order valence-electron chi connectivity index (χ1n) is 4.95. The Labute approximate surface area is 107 Å². The molecular formula is C12H8F2N2OS. The summed E-state index contributed by atoms with van der Waals surface area (Å²) in [4.78, 5) is 4.10. The zero-order valence-electron chi connectivity index (χ0n) is 9.06. The lowest BCUT2D eigenvalue weighted by molar-refractivity contribution is 0.436. The second-order valence-corrected chi connectivity index (χ2v) is 3.86. The summed E-state index contributed by atoms with van der Waals surface area (Å²) < 4.78 is 31.2. The molecule has 0 spiro atoms. The fraction of sp³-hybridized carbons (Fsp3) is 0. The number of rotatable bonds is 3. The highest BCUT2D eigenvalue weighted by atomic mass is 32.1. The number of halogens is 2. The Hall–Kier alpha value is -2.08. The number of hydrogen-bond acceptors (Lipinski definition) is 3. The molecule has 0 bridgehead atoms. The number of nitrogens with zero attached hydrogens (tertiary/aromatic N) is 1. The van der Waals surface area contributed by atoms with E-state index < -0.39 is 11.6 Å². The van der Waals surface area contributed by atoms with Crippen LogP contribution in [0.2, 0.25) is 0 Å². The van der Waals surface area contributed by atoms with E-state index in [1.54, 1.807) is 12.1 Å². The molecule has 92 valence electrons. The van der Waals surface area contributed by atoms with Gasteiger partial charge in [0.25, 0.3) is 0 Å². The Morgan fingerprint density at radius 3 is 2.56 bits per heavy atom. The molecule has 3 nitrogen and oxygen atoms in total. The standard InChI is InChI=1S/C12H8F2N2OS/c13-7-1-4-11(9(14)5-7)17-8-2-3-10(12(15)18)16-6-8/h1-6H,(H2,15,18). The average Bonchev–Trinajstić information content (AvgIpc) is 2.33. The third-order valence-electron chi connectivity index (χ3n) is 2.11. The highest BCUT2D eigenvalue weighted by molar-refractivity contribution is 7.80. The summed E-state index contributed by atoms with van der Waals surface area (Å²) in [7, 11) is 0. The van der Waals surface area contributed by atoms with Gasteiger partial charge in [0.2, 0.25) is 0 Å². The fourth-order valence-electron chi connectivity index (χ4n) is 1.27. The summed E-state index contributed by atoms with van der Waals surface area (Å²) in [5.74, 6) is -1.22. The molecule has 1 aromatic carbocycles. The monoisotopic (exact) mass is 266 g/mol. The molecule has 0 radical (unpaired) electrons. The van der Waals surface area contributed by atoms with E-state index in [1.807, 2.05) is 0 Å². The Bertz CT molecular complexity index is 587. The summed E-state index contributed by atoms with van der Waals surface area (Å²) in [6.07, 6.45) is 1.36. The van der Waals surface area contributed by atoms with Gasteiger partial charge in [-0.3, -0.25) is 0 Å². The lowest BCUT2D eigenvalue weighted by atomic mass is 10.3. The minimum Gasteiger partial charge on any atom is -0.453 e. The maximum Gasteiger partial charge on any atom is 0.168 e. The van der Waals surface area contributed by atoms with Gasteiger partial charge in [-0.05, 0) is 24.3 Å². The third-order valence-corrected chi connectivity index (χ3v) is 2.32. The van der Waals surface area contributed by atoms with Crippen molar-refractivity contribution in [1.82, 2.24) is 4.98 Å². The minimum atomic E-state index is -0.784. The fourth-order valence-corrected chi connectivity index (χ4v) is 1.39. The SMILES string of the molecule is NC(=S)c1ccc(Oc2ccc(F)cc2F)cn1. The normalized spacial score (nSPS) is 10.1. The van der Waals surface area contributed by atoms with Crippen molar-refractivity contribution in [3.63, 3.8) is 0 Å². The Morgan fingerprint density at radius 2 is 2.00 bits per heavy atom. The molecular weight excluding hydrogens is 258 g/mol. The maximum atomic E-state index is 13.3. The van der Waals surface area contributed by atoms with Crippen molar-refractivity contribution >= 4 is 17.2 Å². The van der Waals surface area contributed by atoms with E-state index in [0.717, 1.165) is 12.1 Å². The van der Waals surface area contributed by atoms with Crippen molar-refractivity contribution in [2.24, 2.45) is 5.73 Å². The molecule has 0 aliphatic rings. The second-order valence-electron chi connectivity index (χ2n) is 3.42. The molecule has 6 heteroatoms. The van der Waals surface area contributed by atoms with Crippen molar-refractivity contribution in [1.29, 1.82) is 0 Å². The van der Waals surface area contributed by atoms with Crippen molar-refractivity contribution in [2.45, 2.75) is 0 Å². The van der Waals surface area contributed by atoms with E-state index >= 15 is 0 Å². The lowest BCUT2D eigenvalue weighted by Gasteiger charge is -2.06. The van der Waals surface area contributed by atoms with E-state index in [2.05, 4.69) is 4.98 Å². The largest absolute Gasteiger partial charge is 0.453 e. The predicted octanol–water partition coefficient (Wildman–Crippen LogP) is 2.79. The Kier molecular flexibility index (Phi) is 3.47. The van der Waals surface area contributed by atoms with Gasteiger partial charge < -0.3 is 10.5 Å². The maximum absolute atomic E-state index is 13.3. The molecule has 0 amide bonds. The van der Waals surface area contributed by atoms with Crippen LogP contribution in [-0.4, -0.2) is 9.97 Å². The van der Waals surface area contributed by atoms with Crippen molar-refractivity contribution in [3.05, 3.63) is 53.9 Å². The van der Waals surface area contributed by atoms with Crippen LogP contribution < -0.4 is 10.5 Å². The molecule has 0 aliphatic heterocycles. The number of ether oxygens (including phenoxy) is 1. The van der Waals surface area contributed by atoms with Crippen molar-refractivity contribution < 1.29 is 13.5 Å². The molecule has 0 fully saturated rings. The number of aromatic nitrogens is 1. The van der Waals surface area contributed by atoms with Crippen LogP contribution in [0.15, 0.2) is 36.5 Å². The van der Waals surface area contributed by atoms with Gasteiger partial charge in [-0.25, -0.2) is 13.8 Å². The number of benzene rings is 1. The van der Waals surface area contributed by atoms with E-state index in [9.17, 15) is 8.78 Å². The Balaban J connectivity index is 2.21. The smallest absolute Gasteiger partial charge is 0.168 e. The van der Waals surface area contributed by atoms with Crippen LogP contribution in [0.25, 0.3) is 0 Å². The number of hydrogen-bond donors (Lipinski definition) is 1. The molecule has 0 aliphatic carbocycles. The van der Waals surface area contributed by atoms with Gasteiger partial charge >= 0.3 is 0 Å². The predicted molar refractivity (Wildman–Crippen MR) is 66.6 cm³/mol. The second kappa shape index (κ2) is 5.05. The van der Waals surface area contributed by atoms with Gasteiger partial charge in [0.15, 0.2) is 11.6 Å². The van der Waals surface area contributed by atoms with Crippen LogP contribution in [0.1, 0.15) is 5.69 Å². The molecule has 2 aromatic rings. The minimum absolute atomic E-state index is 0.0822. The summed E-state index contributed by atoms with van der Waals surface area (Å²) in [6.45, 7) is 0. The van der Waals surface area contributed by atoms with Gasteiger partial charge in [-0.1, -0.05) is 12.2 Å². The highest BCUT2D eigenvalue weighted by Gasteiger charge is 2.06. The van der Waals surface area contributed by atoms with Crippen LogP contribution in [0.4, 0.5) is 8.78 Å². The van der Waals surface area contributed by atoms with Crippen LogP contribution in [-0.2, 0) is 0 Å². The van der Waals surface area contributed by atoms with Gasteiger partial charge in [0.05, 0.1) is 11.9 Å². The summed E-state index contributed by atoms with van der Waals surface area (Å²) in [6, 6.07) is 6.15. The van der Waals surface area contributed by atoms with Gasteiger partial charge in [-0.2, -0.15) is 0 Å². The van der Waals surface area contributed by atoms with E-state index in [4.69, 9.17) is 22.7 Å². The molecule has 0 saturated carbocycles. The number of nitrogens with two attached hydrogens (primary N) is 1. The van der Waals surface area contributed by atoms with Crippen LogP contribution in [0.5, 0.6) is 11.5 Å². The molecule has 2 rings (SSSR count). The van der Waals surface area contributed by atoms with Crippen LogP contribution in [0, 0.1) is 11.6 Å². The molecule has 0 saturated heterocycles. The molecule has 18 heavy (non-hydrogen) atoms. The number of pyridine rings is 1. The topological polar surface area (TPSA) is 48.1 Å². The molecule has 1 aromatic heterocycles. The van der Waals surface area contributed by atoms with Gasteiger partial charge in [-0.15, -0.1) is 0 Å².